The van der Waals surface area contributed by atoms with Crippen LogP contribution in [0.4, 0.5) is 0 Å². The topological polar surface area (TPSA) is 43.8 Å². The molecular weight excluding hydrogens is 576 g/mol. The normalized spacial score (nSPS) is 12.6. The van der Waals surface area contributed by atoms with Crippen LogP contribution in [0.5, 0.6) is 11.5 Å². The van der Waals surface area contributed by atoms with Crippen molar-refractivity contribution in [3.05, 3.63) is 133 Å². The van der Waals surface area contributed by atoms with Gasteiger partial charge in [-0.2, -0.15) is 0 Å². The van der Waals surface area contributed by atoms with Gasteiger partial charge in [0, 0.05) is 21.5 Å². The minimum Gasteiger partial charge on any atom is -0.457 e. The molecule has 0 atom stereocenters. The number of nitrogens with zero attached hydrogens (tertiary/aromatic N) is 4. The van der Waals surface area contributed by atoms with E-state index in [4.69, 9.17) is 14.7 Å². The molecule has 0 aliphatic carbocycles. The van der Waals surface area contributed by atoms with Gasteiger partial charge in [-0.3, -0.25) is 8.80 Å². The van der Waals surface area contributed by atoms with E-state index < -0.39 is 0 Å². The molecule has 47 heavy (non-hydrogen) atoms. The third-order valence-electron chi connectivity index (χ3n) is 9.61. The Balaban J connectivity index is 1.21. The molecule has 0 N–H and O–H groups in total. The molecule has 4 heterocycles. The van der Waals surface area contributed by atoms with Crippen LogP contribution >= 0.6 is 0 Å². The van der Waals surface area contributed by atoms with Crippen molar-refractivity contribution >= 4 is 76.7 Å². The molecular formula is C42H30N4O. The lowest BCUT2D eigenvalue weighted by Gasteiger charge is -2.23. The molecule has 0 bridgehead atoms. The second-order valence-electron chi connectivity index (χ2n) is 13.5. The molecule has 6 aromatic carbocycles. The zero-order valence-corrected chi connectivity index (χ0v) is 26.3. The molecule has 0 radical (unpaired) electrons. The van der Waals surface area contributed by atoms with Gasteiger partial charge in [-0.25, -0.2) is 9.97 Å². The van der Waals surface area contributed by atoms with E-state index in [2.05, 4.69) is 151 Å². The molecule has 0 spiro atoms. The van der Waals surface area contributed by atoms with Crippen LogP contribution < -0.4 is 4.74 Å². The Morgan fingerprint density at radius 2 is 1.00 bits per heavy atom. The molecule has 0 saturated heterocycles. The number of rotatable bonds is 2. The predicted octanol–water partition coefficient (Wildman–Crippen LogP) is 11.0. The average molecular weight is 607 g/mol. The monoisotopic (exact) mass is 606 g/mol. The molecule has 0 saturated carbocycles. The maximum absolute atomic E-state index is 6.67. The number of hydrogen-bond donors (Lipinski definition) is 0. The number of aromatic nitrogens is 4. The van der Waals surface area contributed by atoms with Crippen LogP contribution in [0.3, 0.4) is 0 Å². The fourth-order valence-corrected chi connectivity index (χ4v) is 7.54. The summed E-state index contributed by atoms with van der Waals surface area (Å²) < 4.78 is 11.3. The molecule has 0 amide bonds. The van der Waals surface area contributed by atoms with Crippen LogP contribution in [0.25, 0.3) is 76.7 Å². The Morgan fingerprint density at radius 3 is 1.66 bits per heavy atom. The maximum Gasteiger partial charge on any atom is 0.146 e. The van der Waals surface area contributed by atoms with Gasteiger partial charge in [0.05, 0.1) is 33.1 Å². The van der Waals surface area contributed by atoms with E-state index in [-0.39, 0.29) is 5.41 Å². The van der Waals surface area contributed by atoms with Crippen LogP contribution in [0.2, 0.25) is 0 Å². The van der Waals surface area contributed by atoms with Crippen molar-refractivity contribution in [2.45, 2.75) is 26.2 Å². The number of pyridine rings is 2. The third kappa shape index (κ3) is 3.71. The van der Waals surface area contributed by atoms with E-state index in [1.54, 1.807) is 0 Å². The Kier molecular flexibility index (Phi) is 5.20. The van der Waals surface area contributed by atoms with E-state index in [1.165, 1.54) is 21.9 Å². The van der Waals surface area contributed by atoms with Gasteiger partial charge in [-0.05, 0) is 88.5 Å². The highest BCUT2D eigenvalue weighted by Crippen LogP contribution is 2.40. The largest absolute Gasteiger partial charge is 0.457 e. The second-order valence-corrected chi connectivity index (χ2v) is 13.5. The first kappa shape index (κ1) is 26.3. The average Bonchev–Trinajstić information content (AvgIpc) is 3.68. The van der Waals surface area contributed by atoms with Crippen molar-refractivity contribution < 1.29 is 4.74 Å². The summed E-state index contributed by atoms with van der Waals surface area (Å²) in [6.07, 6.45) is 0. The molecule has 4 aromatic heterocycles. The highest BCUT2D eigenvalue weighted by atomic mass is 16.5. The fourth-order valence-electron chi connectivity index (χ4n) is 7.54. The quantitative estimate of drug-likeness (QED) is 0.184. The van der Waals surface area contributed by atoms with E-state index in [0.29, 0.717) is 0 Å². The first-order valence-electron chi connectivity index (χ1n) is 16.1. The molecule has 0 unspecified atom stereocenters. The molecule has 0 fully saturated rings. The zero-order valence-electron chi connectivity index (χ0n) is 26.3. The van der Waals surface area contributed by atoms with Crippen molar-refractivity contribution in [1.29, 1.82) is 0 Å². The van der Waals surface area contributed by atoms with Crippen molar-refractivity contribution in [3.8, 4) is 11.5 Å². The van der Waals surface area contributed by atoms with Crippen molar-refractivity contribution in [3.63, 3.8) is 0 Å². The fraction of sp³-hybridized carbons (Fsp3) is 0.0952. The summed E-state index contributed by atoms with van der Waals surface area (Å²) in [6.45, 7) is 6.83. The van der Waals surface area contributed by atoms with Gasteiger partial charge in [0.15, 0.2) is 0 Å². The van der Waals surface area contributed by atoms with Gasteiger partial charge in [-0.15, -0.1) is 0 Å². The van der Waals surface area contributed by atoms with Crippen molar-refractivity contribution in [2.75, 3.05) is 0 Å². The highest BCUT2D eigenvalue weighted by molar-refractivity contribution is 6.16. The first-order chi connectivity index (χ1) is 22.9. The van der Waals surface area contributed by atoms with E-state index in [9.17, 15) is 0 Å². The minimum absolute atomic E-state index is 0.0396. The number of fused-ring (bicyclic) bond motifs is 16. The van der Waals surface area contributed by atoms with E-state index in [0.717, 1.165) is 71.9 Å². The Bertz CT molecular complexity index is 2920. The Labute approximate surface area is 270 Å². The SMILES string of the molecule is CC(C)(C)c1cccc2c3ccc(Oc4ccc5c6ccccc6n6c7ccccc7nc6c5c4)cc3c3nc4ccccc4n3c12. The smallest absolute Gasteiger partial charge is 0.146 e. The second kappa shape index (κ2) is 9.30. The van der Waals surface area contributed by atoms with Gasteiger partial charge in [-0.1, -0.05) is 81.4 Å². The van der Waals surface area contributed by atoms with Gasteiger partial charge >= 0.3 is 0 Å². The molecule has 0 aliphatic rings. The maximum atomic E-state index is 6.67. The van der Waals surface area contributed by atoms with Crippen LogP contribution in [-0.4, -0.2) is 18.8 Å². The lowest BCUT2D eigenvalue weighted by molar-refractivity contribution is 0.484. The van der Waals surface area contributed by atoms with Crippen LogP contribution in [0.1, 0.15) is 26.3 Å². The van der Waals surface area contributed by atoms with E-state index in [1.807, 2.05) is 6.07 Å². The number of hydrogen-bond acceptors (Lipinski definition) is 3. The standard InChI is InChI=1S/C42H30N4O/c1-42(2,3)33-13-10-12-30-28-22-20-26(24-32(28)41-44-35-15-6-9-18-38(35)46(41)39(30)33)47-25-19-21-27-29-11-4-7-16-36(29)45-37-17-8-5-14-34(37)43-40(45)31(27)23-25/h4-24H,1-3H3. The lowest BCUT2D eigenvalue weighted by Crippen LogP contribution is -2.13. The zero-order chi connectivity index (χ0) is 31.4. The van der Waals surface area contributed by atoms with Crippen LogP contribution in [0, 0.1) is 0 Å². The van der Waals surface area contributed by atoms with Crippen LogP contribution in [-0.2, 0) is 5.41 Å². The number of para-hydroxylation sites is 6. The van der Waals surface area contributed by atoms with Gasteiger partial charge in [0.25, 0.3) is 0 Å². The molecule has 0 aliphatic heterocycles. The molecule has 10 rings (SSSR count). The number of benzene rings is 6. The van der Waals surface area contributed by atoms with Gasteiger partial charge in [0.1, 0.15) is 22.8 Å². The van der Waals surface area contributed by atoms with E-state index >= 15 is 0 Å². The van der Waals surface area contributed by atoms with Gasteiger partial charge in [0.2, 0.25) is 0 Å². The Morgan fingerprint density at radius 1 is 0.468 bits per heavy atom. The number of imidazole rings is 2. The summed E-state index contributed by atoms with van der Waals surface area (Å²) in [5.74, 6) is 1.53. The van der Waals surface area contributed by atoms with Gasteiger partial charge < -0.3 is 4.74 Å². The third-order valence-corrected chi connectivity index (χ3v) is 9.61. The first-order valence-corrected chi connectivity index (χ1v) is 16.1. The lowest BCUT2D eigenvalue weighted by atomic mass is 9.84. The van der Waals surface area contributed by atoms with Crippen molar-refractivity contribution in [2.24, 2.45) is 0 Å². The summed E-state index contributed by atoms with van der Waals surface area (Å²) in [5.41, 5.74) is 9.64. The highest BCUT2D eigenvalue weighted by Gasteiger charge is 2.22. The predicted molar refractivity (Wildman–Crippen MR) is 194 cm³/mol. The summed E-state index contributed by atoms with van der Waals surface area (Å²) >= 11 is 0. The molecule has 5 heteroatoms. The minimum atomic E-state index is -0.0396. The number of ether oxygens (including phenoxy) is 1. The summed E-state index contributed by atoms with van der Waals surface area (Å²) in [4.78, 5) is 10.3. The molecule has 224 valence electrons. The molecule has 5 nitrogen and oxygen atoms in total. The molecule has 10 aromatic rings. The Hall–Kier alpha value is -5.94. The summed E-state index contributed by atoms with van der Waals surface area (Å²) in [5, 5.41) is 6.83. The van der Waals surface area contributed by atoms with Crippen molar-refractivity contribution in [1.82, 2.24) is 18.8 Å². The summed E-state index contributed by atoms with van der Waals surface area (Å²) in [6, 6.07) is 44.7. The summed E-state index contributed by atoms with van der Waals surface area (Å²) in [7, 11) is 0. The van der Waals surface area contributed by atoms with Crippen LogP contribution in [0.15, 0.2) is 127 Å².